The first-order valence-electron chi connectivity index (χ1n) is 5.40. The second-order valence-corrected chi connectivity index (χ2v) is 5.20. The Morgan fingerprint density at radius 2 is 1.85 bits per heavy atom. The highest BCUT2D eigenvalue weighted by molar-refractivity contribution is 4.87. The molecule has 2 aliphatic heterocycles. The second-order valence-electron chi connectivity index (χ2n) is 5.20. The third kappa shape index (κ3) is 2.05. The lowest BCUT2D eigenvalue weighted by molar-refractivity contribution is -0.208. The van der Waals surface area contributed by atoms with Gasteiger partial charge in [0.05, 0.1) is 13.2 Å². The van der Waals surface area contributed by atoms with Gasteiger partial charge in [0.25, 0.3) is 0 Å². The quantitative estimate of drug-likeness (QED) is 0.576. The molecule has 0 bridgehead atoms. The van der Waals surface area contributed by atoms with E-state index in [4.69, 9.17) is 9.47 Å². The monoisotopic (exact) mass is 184 g/mol. The summed E-state index contributed by atoms with van der Waals surface area (Å²) < 4.78 is 11.7. The number of hydrogen-bond donors (Lipinski definition) is 0. The zero-order valence-electron chi connectivity index (χ0n) is 8.77. The minimum absolute atomic E-state index is 0.208. The SMILES string of the molecule is CC1(C)COC2(CCCCCO2)C1. The van der Waals surface area contributed by atoms with E-state index in [1.54, 1.807) is 0 Å². The number of rotatable bonds is 0. The van der Waals surface area contributed by atoms with Crippen LogP contribution in [0.5, 0.6) is 0 Å². The fraction of sp³-hybridized carbons (Fsp3) is 1.00. The summed E-state index contributed by atoms with van der Waals surface area (Å²) in [5, 5.41) is 0. The molecule has 2 nitrogen and oxygen atoms in total. The third-order valence-electron chi connectivity index (χ3n) is 3.04. The number of ether oxygens (including phenoxy) is 2. The molecule has 2 heterocycles. The van der Waals surface area contributed by atoms with Crippen LogP contribution in [-0.2, 0) is 9.47 Å². The van der Waals surface area contributed by atoms with Crippen molar-refractivity contribution >= 4 is 0 Å². The predicted octanol–water partition coefficient (Wildman–Crippen LogP) is 2.72. The maximum absolute atomic E-state index is 5.86. The van der Waals surface area contributed by atoms with Crippen LogP contribution in [-0.4, -0.2) is 19.0 Å². The van der Waals surface area contributed by atoms with Gasteiger partial charge in [0.1, 0.15) is 0 Å². The summed E-state index contributed by atoms with van der Waals surface area (Å²) >= 11 is 0. The lowest BCUT2D eigenvalue weighted by atomic mass is 9.88. The Labute approximate surface area is 80.6 Å². The van der Waals surface area contributed by atoms with Gasteiger partial charge in [-0.05, 0) is 18.3 Å². The molecule has 2 fully saturated rings. The molecule has 1 spiro atoms. The van der Waals surface area contributed by atoms with Crippen LogP contribution in [0.25, 0.3) is 0 Å². The molecule has 0 aromatic heterocycles. The van der Waals surface area contributed by atoms with E-state index in [9.17, 15) is 0 Å². The Morgan fingerprint density at radius 1 is 1.00 bits per heavy atom. The van der Waals surface area contributed by atoms with Crippen LogP contribution in [0.3, 0.4) is 0 Å². The molecule has 0 aromatic rings. The van der Waals surface area contributed by atoms with Gasteiger partial charge in [0.15, 0.2) is 5.79 Å². The predicted molar refractivity (Wildman–Crippen MR) is 51.5 cm³/mol. The van der Waals surface area contributed by atoms with E-state index in [0.29, 0.717) is 5.41 Å². The zero-order chi connectivity index (χ0) is 9.36. The van der Waals surface area contributed by atoms with Crippen molar-refractivity contribution < 1.29 is 9.47 Å². The van der Waals surface area contributed by atoms with E-state index in [-0.39, 0.29) is 5.79 Å². The van der Waals surface area contributed by atoms with Crippen LogP contribution in [0.1, 0.15) is 46.0 Å². The van der Waals surface area contributed by atoms with Crippen LogP contribution in [0, 0.1) is 5.41 Å². The Hall–Kier alpha value is -0.0800. The van der Waals surface area contributed by atoms with E-state index >= 15 is 0 Å². The molecular weight excluding hydrogens is 164 g/mol. The van der Waals surface area contributed by atoms with Crippen LogP contribution in [0.4, 0.5) is 0 Å². The Bertz CT molecular complexity index is 173. The van der Waals surface area contributed by atoms with Gasteiger partial charge in [0, 0.05) is 12.8 Å². The third-order valence-corrected chi connectivity index (χ3v) is 3.04. The van der Waals surface area contributed by atoms with Crippen molar-refractivity contribution in [2.24, 2.45) is 5.41 Å². The smallest absolute Gasteiger partial charge is 0.168 e. The molecule has 0 amide bonds. The molecule has 2 heteroatoms. The minimum atomic E-state index is -0.208. The van der Waals surface area contributed by atoms with Gasteiger partial charge in [-0.1, -0.05) is 20.3 Å². The molecule has 0 saturated carbocycles. The average Bonchev–Trinajstić information content (AvgIpc) is 2.26. The zero-order valence-corrected chi connectivity index (χ0v) is 8.77. The summed E-state index contributed by atoms with van der Waals surface area (Å²) in [6.07, 6.45) is 5.92. The van der Waals surface area contributed by atoms with Gasteiger partial charge < -0.3 is 9.47 Å². The number of hydrogen-bond acceptors (Lipinski definition) is 2. The second kappa shape index (κ2) is 3.25. The lowest BCUT2D eigenvalue weighted by Crippen LogP contribution is -2.31. The highest BCUT2D eigenvalue weighted by Gasteiger charge is 2.45. The van der Waals surface area contributed by atoms with Crippen molar-refractivity contribution in [1.29, 1.82) is 0 Å². The fourth-order valence-corrected chi connectivity index (χ4v) is 2.41. The summed E-state index contributed by atoms with van der Waals surface area (Å²) in [7, 11) is 0. The van der Waals surface area contributed by atoms with Crippen molar-refractivity contribution in [2.45, 2.75) is 51.7 Å². The van der Waals surface area contributed by atoms with Crippen LogP contribution < -0.4 is 0 Å². The lowest BCUT2D eigenvalue weighted by Gasteiger charge is -2.27. The first kappa shape index (κ1) is 9.47. The molecular formula is C11H20O2. The summed E-state index contributed by atoms with van der Waals surface area (Å²) in [4.78, 5) is 0. The van der Waals surface area contributed by atoms with Gasteiger partial charge >= 0.3 is 0 Å². The molecule has 1 atom stereocenters. The first-order valence-corrected chi connectivity index (χ1v) is 5.40. The highest BCUT2D eigenvalue weighted by Crippen LogP contribution is 2.43. The Kier molecular flexibility index (Phi) is 2.37. The van der Waals surface area contributed by atoms with Crippen molar-refractivity contribution in [3.05, 3.63) is 0 Å². The van der Waals surface area contributed by atoms with Gasteiger partial charge in [0.2, 0.25) is 0 Å². The minimum Gasteiger partial charge on any atom is -0.350 e. The van der Waals surface area contributed by atoms with Gasteiger partial charge in [-0.15, -0.1) is 0 Å². The van der Waals surface area contributed by atoms with E-state index in [1.165, 1.54) is 19.3 Å². The molecule has 13 heavy (non-hydrogen) atoms. The van der Waals surface area contributed by atoms with Gasteiger partial charge in [-0.25, -0.2) is 0 Å². The molecule has 0 N–H and O–H groups in total. The van der Waals surface area contributed by atoms with Crippen LogP contribution in [0.2, 0.25) is 0 Å². The van der Waals surface area contributed by atoms with E-state index < -0.39 is 0 Å². The summed E-state index contributed by atoms with van der Waals surface area (Å²) in [5.74, 6) is -0.208. The molecule has 2 saturated heterocycles. The summed E-state index contributed by atoms with van der Waals surface area (Å²) in [6, 6.07) is 0. The van der Waals surface area contributed by atoms with E-state index in [2.05, 4.69) is 13.8 Å². The first-order chi connectivity index (χ1) is 6.12. The molecule has 0 aliphatic carbocycles. The standard InChI is InChI=1S/C11H20O2/c1-10(2)8-11(13-9-10)6-4-3-5-7-12-11/h3-9H2,1-2H3. The van der Waals surface area contributed by atoms with Gasteiger partial charge in [-0.3, -0.25) is 0 Å². The normalized spacial score (nSPS) is 39.2. The van der Waals surface area contributed by atoms with Crippen LogP contribution >= 0.6 is 0 Å². The maximum atomic E-state index is 5.86. The molecule has 2 rings (SSSR count). The topological polar surface area (TPSA) is 18.5 Å². The van der Waals surface area contributed by atoms with Crippen molar-refractivity contribution in [3.8, 4) is 0 Å². The molecule has 76 valence electrons. The van der Waals surface area contributed by atoms with E-state index in [0.717, 1.165) is 26.1 Å². The summed E-state index contributed by atoms with van der Waals surface area (Å²) in [6.45, 7) is 6.26. The fourth-order valence-electron chi connectivity index (χ4n) is 2.41. The molecule has 2 aliphatic rings. The van der Waals surface area contributed by atoms with E-state index in [1.807, 2.05) is 0 Å². The Balaban J connectivity index is 2.03. The molecule has 0 radical (unpaired) electrons. The average molecular weight is 184 g/mol. The summed E-state index contributed by atoms with van der Waals surface area (Å²) in [5.41, 5.74) is 0.310. The molecule has 0 aromatic carbocycles. The van der Waals surface area contributed by atoms with Gasteiger partial charge in [-0.2, -0.15) is 0 Å². The largest absolute Gasteiger partial charge is 0.350 e. The Morgan fingerprint density at radius 3 is 2.54 bits per heavy atom. The molecule has 1 unspecified atom stereocenters. The van der Waals surface area contributed by atoms with Crippen molar-refractivity contribution in [1.82, 2.24) is 0 Å². The maximum Gasteiger partial charge on any atom is 0.168 e. The van der Waals surface area contributed by atoms with Crippen LogP contribution in [0.15, 0.2) is 0 Å². The highest BCUT2D eigenvalue weighted by atomic mass is 16.7. The van der Waals surface area contributed by atoms with Crippen molar-refractivity contribution in [3.63, 3.8) is 0 Å². The van der Waals surface area contributed by atoms with Crippen molar-refractivity contribution in [2.75, 3.05) is 13.2 Å².